The van der Waals surface area contributed by atoms with Gasteiger partial charge in [-0.05, 0) is 37.8 Å². The second-order valence-electron chi connectivity index (χ2n) is 4.96. The van der Waals surface area contributed by atoms with E-state index >= 15 is 0 Å². The van der Waals surface area contributed by atoms with Gasteiger partial charge >= 0.3 is 0 Å². The van der Waals surface area contributed by atoms with Gasteiger partial charge in [-0.15, -0.1) is 0 Å². The molecule has 4 nitrogen and oxygen atoms in total. The maximum atomic E-state index is 10.7. The number of halogens is 1. The minimum atomic E-state index is -0.372. The van der Waals surface area contributed by atoms with Gasteiger partial charge in [-0.2, -0.15) is 0 Å². The monoisotopic (exact) mass is 328 g/mol. The quantitative estimate of drug-likeness (QED) is 0.609. The van der Waals surface area contributed by atoms with Crippen molar-refractivity contribution in [1.29, 1.82) is 0 Å². The van der Waals surface area contributed by atoms with E-state index in [4.69, 9.17) is 0 Å². The lowest BCUT2D eigenvalue weighted by Gasteiger charge is -2.21. The van der Waals surface area contributed by atoms with E-state index in [9.17, 15) is 10.1 Å². The molecule has 106 valence electrons. The number of hydrogen-bond donors (Lipinski definition) is 1. The number of benzene rings is 1. The summed E-state index contributed by atoms with van der Waals surface area (Å²) in [5, 5.41) is 14.2. The fraction of sp³-hybridized carbons (Fsp3) is 0.571. The minimum Gasteiger partial charge on any atom is -0.314 e. The molecule has 0 radical (unpaired) electrons. The Morgan fingerprint density at radius 3 is 2.63 bits per heavy atom. The Morgan fingerprint density at radius 1 is 1.42 bits per heavy atom. The van der Waals surface area contributed by atoms with E-state index in [1.165, 1.54) is 0 Å². The van der Waals surface area contributed by atoms with E-state index in [1.807, 2.05) is 6.07 Å². The highest BCUT2D eigenvalue weighted by atomic mass is 79.9. The summed E-state index contributed by atoms with van der Waals surface area (Å²) in [6.45, 7) is 7.55. The predicted octanol–water partition coefficient (Wildman–Crippen LogP) is 3.92. The Morgan fingerprint density at radius 2 is 2.11 bits per heavy atom. The third-order valence-electron chi connectivity index (χ3n) is 3.36. The minimum absolute atomic E-state index is 0.125. The number of nitrogens with one attached hydrogen (secondary N) is 1. The van der Waals surface area contributed by atoms with E-state index in [1.54, 1.807) is 12.1 Å². The molecule has 0 fully saturated rings. The molecular formula is C14H21BrN2O2. The zero-order valence-corrected chi connectivity index (χ0v) is 13.2. The van der Waals surface area contributed by atoms with Crippen molar-refractivity contribution in [2.24, 2.45) is 5.92 Å². The van der Waals surface area contributed by atoms with Gasteiger partial charge in [0.05, 0.1) is 4.92 Å². The molecule has 0 aliphatic heterocycles. The van der Waals surface area contributed by atoms with Gasteiger partial charge in [0.2, 0.25) is 0 Å². The second-order valence-corrected chi connectivity index (χ2v) is 5.81. The number of nitro groups is 1. The molecule has 19 heavy (non-hydrogen) atoms. The van der Waals surface area contributed by atoms with Crippen molar-refractivity contribution >= 4 is 21.6 Å². The molecule has 0 amide bonds. The number of non-ortho nitro benzene ring substituents is 1. The molecule has 1 aromatic carbocycles. The molecule has 0 aliphatic rings. The number of nitrogens with zero attached hydrogens (tertiary/aromatic N) is 1. The van der Waals surface area contributed by atoms with E-state index in [-0.39, 0.29) is 10.6 Å². The lowest BCUT2D eigenvalue weighted by molar-refractivity contribution is -0.384. The van der Waals surface area contributed by atoms with Gasteiger partial charge < -0.3 is 5.32 Å². The Labute approximate surface area is 122 Å². The van der Waals surface area contributed by atoms with Crippen molar-refractivity contribution in [3.05, 3.63) is 38.3 Å². The third kappa shape index (κ3) is 4.91. The average Bonchev–Trinajstić information content (AvgIpc) is 2.37. The molecule has 0 spiro atoms. The van der Waals surface area contributed by atoms with Gasteiger partial charge in [-0.3, -0.25) is 10.1 Å². The first kappa shape index (κ1) is 16.1. The lowest BCUT2D eigenvalue weighted by Crippen LogP contribution is -2.33. The molecule has 1 N–H and O–H groups in total. The molecular weight excluding hydrogens is 308 g/mol. The van der Waals surface area contributed by atoms with Crippen LogP contribution >= 0.6 is 15.9 Å². The fourth-order valence-electron chi connectivity index (χ4n) is 1.91. The van der Waals surface area contributed by atoms with Crippen LogP contribution in [0.15, 0.2) is 22.7 Å². The number of hydrogen-bond acceptors (Lipinski definition) is 3. The molecule has 0 aromatic heterocycles. The van der Waals surface area contributed by atoms with Crippen molar-refractivity contribution in [1.82, 2.24) is 5.32 Å². The smallest absolute Gasteiger partial charge is 0.270 e. The predicted molar refractivity (Wildman–Crippen MR) is 81.4 cm³/mol. The molecule has 1 rings (SSSR count). The van der Waals surface area contributed by atoms with Gasteiger partial charge in [0.1, 0.15) is 0 Å². The molecule has 0 bridgehead atoms. The largest absolute Gasteiger partial charge is 0.314 e. The Balaban J connectivity index is 2.69. The first-order valence-corrected chi connectivity index (χ1v) is 7.41. The van der Waals surface area contributed by atoms with Crippen molar-refractivity contribution < 1.29 is 4.92 Å². The summed E-state index contributed by atoms with van der Waals surface area (Å²) in [6.07, 6.45) is 2.02. The molecule has 2 unspecified atom stereocenters. The summed E-state index contributed by atoms with van der Waals surface area (Å²) in [4.78, 5) is 10.3. The zero-order valence-electron chi connectivity index (χ0n) is 11.6. The van der Waals surface area contributed by atoms with E-state index < -0.39 is 0 Å². The van der Waals surface area contributed by atoms with Crippen LogP contribution in [0, 0.1) is 16.0 Å². The van der Waals surface area contributed by atoms with E-state index in [2.05, 4.69) is 42.0 Å². The fourth-order valence-corrected chi connectivity index (χ4v) is 2.44. The van der Waals surface area contributed by atoms with Crippen LogP contribution < -0.4 is 5.32 Å². The Hall–Kier alpha value is -0.940. The van der Waals surface area contributed by atoms with Crippen molar-refractivity contribution in [2.45, 2.75) is 39.7 Å². The molecule has 5 heteroatoms. The Kier molecular flexibility index (Phi) is 6.45. The lowest BCUT2D eigenvalue weighted by atomic mass is 9.95. The van der Waals surface area contributed by atoms with Crippen LogP contribution in [0.5, 0.6) is 0 Å². The van der Waals surface area contributed by atoms with Crippen LogP contribution in [-0.4, -0.2) is 17.5 Å². The molecule has 2 atom stereocenters. The third-order valence-corrected chi connectivity index (χ3v) is 4.10. The molecule has 0 saturated heterocycles. The van der Waals surface area contributed by atoms with Crippen molar-refractivity contribution in [3.8, 4) is 0 Å². The number of nitro benzene ring substituents is 1. The topological polar surface area (TPSA) is 55.2 Å². The highest BCUT2D eigenvalue weighted by Crippen LogP contribution is 2.25. The summed E-state index contributed by atoms with van der Waals surface area (Å²) in [5.41, 5.74) is 1.24. The molecule has 0 aliphatic carbocycles. The number of rotatable bonds is 7. The van der Waals surface area contributed by atoms with E-state index in [0.29, 0.717) is 12.0 Å². The van der Waals surface area contributed by atoms with Crippen molar-refractivity contribution in [2.75, 3.05) is 6.54 Å². The van der Waals surface area contributed by atoms with Crippen LogP contribution in [0.2, 0.25) is 0 Å². The molecule has 0 heterocycles. The van der Waals surface area contributed by atoms with E-state index in [0.717, 1.165) is 29.4 Å². The maximum Gasteiger partial charge on any atom is 0.270 e. The normalized spacial score (nSPS) is 14.1. The first-order valence-electron chi connectivity index (χ1n) is 6.61. The maximum absolute atomic E-state index is 10.7. The summed E-state index contributed by atoms with van der Waals surface area (Å²) in [6, 6.07) is 5.41. The van der Waals surface area contributed by atoms with Gasteiger partial charge in [0.15, 0.2) is 0 Å². The first-order chi connectivity index (χ1) is 8.95. The summed E-state index contributed by atoms with van der Waals surface area (Å²) >= 11 is 3.42. The summed E-state index contributed by atoms with van der Waals surface area (Å²) in [7, 11) is 0. The Bertz CT molecular complexity index is 437. The van der Waals surface area contributed by atoms with Gasteiger partial charge in [0.25, 0.3) is 5.69 Å². The van der Waals surface area contributed by atoms with Crippen LogP contribution in [0.3, 0.4) is 0 Å². The SMILES string of the molecule is CCCNC(C)C(C)Cc1ccc([N+](=O)[O-])cc1Br. The molecule has 0 saturated carbocycles. The van der Waals surface area contributed by atoms with Crippen LogP contribution in [-0.2, 0) is 6.42 Å². The summed E-state index contributed by atoms with van der Waals surface area (Å²) < 4.78 is 0.816. The van der Waals surface area contributed by atoms with Crippen LogP contribution in [0.1, 0.15) is 32.8 Å². The van der Waals surface area contributed by atoms with Crippen molar-refractivity contribution in [3.63, 3.8) is 0 Å². The van der Waals surface area contributed by atoms with Gasteiger partial charge in [-0.1, -0.05) is 35.8 Å². The molecule has 1 aromatic rings. The summed E-state index contributed by atoms with van der Waals surface area (Å²) in [5.74, 6) is 0.476. The highest BCUT2D eigenvalue weighted by molar-refractivity contribution is 9.10. The average molecular weight is 329 g/mol. The van der Waals surface area contributed by atoms with Crippen LogP contribution in [0.4, 0.5) is 5.69 Å². The second kappa shape index (κ2) is 7.60. The standard InChI is InChI=1S/C14H21BrN2O2/c1-4-7-16-11(3)10(2)8-12-5-6-13(17(18)19)9-14(12)15/h5-6,9-11,16H,4,7-8H2,1-3H3. The zero-order chi connectivity index (χ0) is 14.4. The van der Waals surface area contributed by atoms with Crippen LogP contribution in [0.25, 0.3) is 0 Å². The highest BCUT2D eigenvalue weighted by Gasteiger charge is 2.15. The van der Waals surface area contributed by atoms with Gasteiger partial charge in [-0.25, -0.2) is 0 Å². The van der Waals surface area contributed by atoms with Gasteiger partial charge in [0, 0.05) is 22.6 Å².